The first-order valence-corrected chi connectivity index (χ1v) is 8.51. The molecule has 116 valence electrons. The zero-order chi connectivity index (χ0) is 15.9. The minimum atomic E-state index is -3.64. The Morgan fingerprint density at radius 2 is 2.05 bits per heavy atom. The Balaban J connectivity index is 1.96. The summed E-state index contributed by atoms with van der Waals surface area (Å²) in [5.74, 6) is 0. The van der Waals surface area contributed by atoms with Crippen LogP contribution in [0.5, 0.6) is 0 Å². The largest absolute Gasteiger partial charge is 0.351 e. The first-order chi connectivity index (χ1) is 10.4. The molecule has 6 nitrogen and oxygen atoms in total. The van der Waals surface area contributed by atoms with Crippen molar-refractivity contribution in [1.29, 1.82) is 0 Å². The Kier molecular flexibility index (Phi) is 3.44. The van der Waals surface area contributed by atoms with Gasteiger partial charge < -0.3 is 4.57 Å². The van der Waals surface area contributed by atoms with E-state index in [-0.39, 0.29) is 4.90 Å². The number of nitrogens with one attached hydrogen (secondary N) is 1. The molecule has 0 fully saturated rings. The standard InChI is InChI=1S/C15H18N4O2S/c1-4-19-10-15(11(2)16-19)22(20,21)17-13-5-6-14-12(9-13)7-8-18(14)3/h5-10,17H,4H2,1-3H3. The van der Waals surface area contributed by atoms with Crippen LogP contribution in [0.15, 0.2) is 41.6 Å². The Morgan fingerprint density at radius 1 is 1.27 bits per heavy atom. The van der Waals surface area contributed by atoms with Gasteiger partial charge in [0.1, 0.15) is 4.90 Å². The first-order valence-electron chi connectivity index (χ1n) is 7.02. The molecule has 0 aliphatic heterocycles. The molecular formula is C15H18N4O2S. The number of aryl methyl sites for hydroxylation is 3. The van der Waals surface area contributed by atoms with E-state index in [0.29, 0.717) is 17.9 Å². The highest BCUT2D eigenvalue weighted by Gasteiger charge is 2.20. The molecule has 0 saturated heterocycles. The predicted molar refractivity (Wildman–Crippen MR) is 86.4 cm³/mol. The average Bonchev–Trinajstić information content (AvgIpc) is 3.02. The number of sulfonamides is 1. The predicted octanol–water partition coefficient (Wildman–Crippen LogP) is 2.50. The molecule has 22 heavy (non-hydrogen) atoms. The highest BCUT2D eigenvalue weighted by Crippen LogP contribution is 2.23. The lowest BCUT2D eigenvalue weighted by atomic mass is 10.2. The van der Waals surface area contributed by atoms with Crippen LogP contribution < -0.4 is 4.72 Å². The zero-order valence-corrected chi connectivity index (χ0v) is 13.6. The Hall–Kier alpha value is -2.28. The van der Waals surface area contributed by atoms with Crippen molar-refractivity contribution in [2.75, 3.05) is 4.72 Å². The van der Waals surface area contributed by atoms with Crippen LogP contribution >= 0.6 is 0 Å². The molecule has 0 amide bonds. The summed E-state index contributed by atoms with van der Waals surface area (Å²) in [5, 5.41) is 5.17. The number of anilines is 1. The van der Waals surface area contributed by atoms with E-state index in [1.54, 1.807) is 23.9 Å². The van der Waals surface area contributed by atoms with E-state index < -0.39 is 10.0 Å². The third-order valence-corrected chi connectivity index (χ3v) is 5.14. The van der Waals surface area contributed by atoms with Crippen molar-refractivity contribution in [3.8, 4) is 0 Å². The van der Waals surface area contributed by atoms with Crippen molar-refractivity contribution in [3.05, 3.63) is 42.4 Å². The molecule has 3 rings (SSSR count). The van der Waals surface area contributed by atoms with Gasteiger partial charge in [0.15, 0.2) is 0 Å². The molecule has 0 aliphatic rings. The van der Waals surface area contributed by atoms with E-state index in [4.69, 9.17) is 0 Å². The van der Waals surface area contributed by atoms with Crippen LogP contribution in [0, 0.1) is 6.92 Å². The van der Waals surface area contributed by atoms with Gasteiger partial charge in [-0.05, 0) is 38.1 Å². The number of aromatic nitrogens is 3. The average molecular weight is 318 g/mol. The summed E-state index contributed by atoms with van der Waals surface area (Å²) in [6.07, 6.45) is 3.50. The van der Waals surface area contributed by atoms with Crippen molar-refractivity contribution in [2.24, 2.45) is 7.05 Å². The van der Waals surface area contributed by atoms with Crippen LogP contribution in [-0.4, -0.2) is 22.8 Å². The summed E-state index contributed by atoms with van der Waals surface area (Å²) in [6, 6.07) is 7.44. The summed E-state index contributed by atoms with van der Waals surface area (Å²) in [5.41, 5.74) is 2.09. The van der Waals surface area contributed by atoms with Crippen molar-refractivity contribution >= 4 is 26.6 Å². The maximum atomic E-state index is 12.5. The smallest absolute Gasteiger partial charge is 0.265 e. The lowest BCUT2D eigenvalue weighted by Crippen LogP contribution is -2.13. The van der Waals surface area contributed by atoms with Crippen LogP contribution in [-0.2, 0) is 23.6 Å². The van der Waals surface area contributed by atoms with Crippen molar-refractivity contribution in [2.45, 2.75) is 25.3 Å². The maximum Gasteiger partial charge on any atom is 0.265 e. The van der Waals surface area contributed by atoms with Crippen molar-refractivity contribution in [3.63, 3.8) is 0 Å². The Bertz CT molecular complexity index is 938. The van der Waals surface area contributed by atoms with Crippen LogP contribution in [0.25, 0.3) is 10.9 Å². The summed E-state index contributed by atoms with van der Waals surface area (Å²) in [7, 11) is -1.68. The molecule has 2 heterocycles. The summed E-state index contributed by atoms with van der Waals surface area (Å²) < 4.78 is 31.3. The third kappa shape index (κ3) is 2.48. The first kappa shape index (κ1) is 14.6. The molecule has 1 aromatic carbocycles. The monoisotopic (exact) mass is 318 g/mol. The summed E-state index contributed by atoms with van der Waals surface area (Å²) >= 11 is 0. The van der Waals surface area contributed by atoms with Gasteiger partial charge in [-0.15, -0.1) is 0 Å². The van der Waals surface area contributed by atoms with Crippen LogP contribution in [0.3, 0.4) is 0 Å². The topological polar surface area (TPSA) is 68.9 Å². The number of benzene rings is 1. The molecule has 0 saturated carbocycles. The lowest BCUT2D eigenvalue weighted by molar-refractivity contribution is 0.600. The fourth-order valence-corrected chi connectivity index (χ4v) is 3.72. The third-order valence-electron chi connectivity index (χ3n) is 3.65. The molecule has 7 heteroatoms. The van der Waals surface area contributed by atoms with Crippen molar-refractivity contribution < 1.29 is 8.42 Å². The van der Waals surface area contributed by atoms with Gasteiger partial charge in [-0.1, -0.05) is 0 Å². The van der Waals surface area contributed by atoms with Gasteiger partial charge in [0, 0.05) is 42.6 Å². The molecule has 0 aliphatic carbocycles. The minimum Gasteiger partial charge on any atom is -0.351 e. The number of nitrogens with zero attached hydrogens (tertiary/aromatic N) is 3. The zero-order valence-electron chi connectivity index (χ0n) is 12.7. The number of hydrogen-bond acceptors (Lipinski definition) is 3. The Labute approximate surface area is 129 Å². The van der Waals surface area contributed by atoms with Crippen LogP contribution in [0.2, 0.25) is 0 Å². The maximum absolute atomic E-state index is 12.5. The Morgan fingerprint density at radius 3 is 2.73 bits per heavy atom. The van der Waals surface area contributed by atoms with Gasteiger partial charge >= 0.3 is 0 Å². The van der Waals surface area contributed by atoms with Crippen molar-refractivity contribution in [1.82, 2.24) is 14.3 Å². The second-order valence-electron chi connectivity index (χ2n) is 5.24. The highest BCUT2D eigenvalue weighted by atomic mass is 32.2. The van der Waals surface area contributed by atoms with E-state index >= 15 is 0 Å². The molecule has 0 radical (unpaired) electrons. The number of hydrogen-bond donors (Lipinski definition) is 1. The quantitative estimate of drug-likeness (QED) is 0.803. The molecule has 0 unspecified atom stereocenters. The van der Waals surface area contributed by atoms with E-state index in [9.17, 15) is 8.42 Å². The van der Waals surface area contributed by atoms with Gasteiger partial charge in [-0.25, -0.2) is 8.42 Å². The van der Waals surface area contributed by atoms with Gasteiger partial charge in [0.05, 0.1) is 5.69 Å². The molecular weight excluding hydrogens is 300 g/mol. The van der Waals surface area contributed by atoms with E-state index in [2.05, 4.69) is 9.82 Å². The fraction of sp³-hybridized carbons (Fsp3) is 0.267. The molecule has 0 atom stereocenters. The van der Waals surface area contributed by atoms with Gasteiger partial charge in [-0.3, -0.25) is 9.40 Å². The highest BCUT2D eigenvalue weighted by molar-refractivity contribution is 7.92. The van der Waals surface area contributed by atoms with Gasteiger partial charge in [-0.2, -0.15) is 5.10 Å². The van der Waals surface area contributed by atoms with Gasteiger partial charge in [0.2, 0.25) is 0 Å². The molecule has 1 N–H and O–H groups in total. The van der Waals surface area contributed by atoms with E-state index in [1.165, 1.54) is 0 Å². The summed E-state index contributed by atoms with van der Waals surface area (Å²) in [4.78, 5) is 0.211. The molecule has 2 aromatic heterocycles. The van der Waals surface area contributed by atoms with Gasteiger partial charge in [0.25, 0.3) is 10.0 Å². The normalized spacial score (nSPS) is 12.0. The van der Waals surface area contributed by atoms with Crippen LogP contribution in [0.4, 0.5) is 5.69 Å². The molecule has 3 aromatic rings. The number of fused-ring (bicyclic) bond motifs is 1. The minimum absolute atomic E-state index is 0.211. The van der Waals surface area contributed by atoms with E-state index in [1.807, 2.05) is 42.9 Å². The molecule has 0 spiro atoms. The molecule has 0 bridgehead atoms. The SMILES string of the molecule is CCn1cc(S(=O)(=O)Nc2ccc3c(ccn3C)c2)c(C)n1. The second-order valence-corrected chi connectivity index (χ2v) is 6.89. The summed E-state index contributed by atoms with van der Waals surface area (Å²) in [6.45, 7) is 4.24. The lowest BCUT2D eigenvalue weighted by Gasteiger charge is -2.07. The second kappa shape index (κ2) is 5.17. The van der Waals surface area contributed by atoms with E-state index in [0.717, 1.165) is 10.9 Å². The van der Waals surface area contributed by atoms with Crippen LogP contribution in [0.1, 0.15) is 12.6 Å². The number of rotatable bonds is 4. The fourth-order valence-electron chi connectivity index (χ4n) is 2.48.